The van der Waals surface area contributed by atoms with Crippen molar-refractivity contribution >= 4 is 44.8 Å². The largest absolute Gasteiger partial charge is 0.494 e. The second kappa shape index (κ2) is 8.60. The zero-order chi connectivity index (χ0) is 21.1. The third kappa shape index (κ3) is 4.40. The zero-order valence-corrected chi connectivity index (χ0v) is 17.6. The van der Waals surface area contributed by atoms with E-state index in [0.717, 1.165) is 22.1 Å². The number of methoxy groups -OCH3 is 1. The fraction of sp³-hybridized carbons (Fsp3) is 0.300. The van der Waals surface area contributed by atoms with Crippen LogP contribution < -0.4 is 15.0 Å². The number of nitrogens with one attached hydrogen (secondary N) is 1. The lowest BCUT2D eigenvalue weighted by molar-refractivity contribution is -0.384. The molecular weight excluding hydrogens is 442 g/mol. The fourth-order valence-corrected chi connectivity index (χ4v) is 3.74. The molecule has 1 aliphatic heterocycles. The van der Waals surface area contributed by atoms with Crippen molar-refractivity contribution < 1.29 is 19.2 Å². The van der Waals surface area contributed by atoms with Crippen LogP contribution in [0.4, 0.5) is 17.1 Å². The van der Waals surface area contributed by atoms with E-state index in [9.17, 15) is 19.7 Å². The molecule has 1 fully saturated rings. The first kappa shape index (κ1) is 20.8. The van der Waals surface area contributed by atoms with Crippen LogP contribution >= 0.6 is 15.9 Å². The molecule has 0 saturated carbocycles. The van der Waals surface area contributed by atoms with E-state index in [1.54, 1.807) is 0 Å². The molecule has 1 heterocycles. The van der Waals surface area contributed by atoms with Crippen molar-refractivity contribution in [2.45, 2.75) is 19.8 Å². The van der Waals surface area contributed by atoms with Gasteiger partial charge >= 0.3 is 0 Å². The number of rotatable bonds is 6. The van der Waals surface area contributed by atoms with E-state index in [-0.39, 0.29) is 36.2 Å². The number of nitro benzene ring substituents is 1. The van der Waals surface area contributed by atoms with Gasteiger partial charge in [-0.3, -0.25) is 19.7 Å². The molecule has 152 valence electrons. The third-order valence-corrected chi connectivity index (χ3v) is 5.36. The minimum absolute atomic E-state index is 0.0595. The maximum atomic E-state index is 12.8. The predicted molar refractivity (Wildman–Crippen MR) is 112 cm³/mol. The van der Waals surface area contributed by atoms with Crippen molar-refractivity contribution in [3.63, 3.8) is 0 Å². The molecule has 1 atom stereocenters. The Labute approximate surface area is 176 Å². The van der Waals surface area contributed by atoms with Crippen LogP contribution in [0.3, 0.4) is 0 Å². The third-order valence-electron chi connectivity index (χ3n) is 4.87. The topological polar surface area (TPSA) is 102 Å². The molecule has 0 unspecified atom stereocenters. The minimum Gasteiger partial charge on any atom is -0.494 e. The Balaban J connectivity index is 1.78. The van der Waals surface area contributed by atoms with Crippen molar-refractivity contribution in [2.75, 3.05) is 23.9 Å². The molecule has 1 aliphatic rings. The Kier molecular flexibility index (Phi) is 6.17. The first-order valence-corrected chi connectivity index (χ1v) is 9.85. The number of carbonyl (C=O) groups is 2. The molecule has 2 aromatic rings. The monoisotopic (exact) mass is 461 g/mol. The average molecular weight is 462 g/mol. The number of nitro groups is 1. The fourth-order valence-electron chi connectivity index (χ4n) is 3.33. The number of non-ortho nitro benzene ring substituents is 1. The maximum absolute atomic E-state index is 12.8. The number of benzene rings is 2. The van der Waals surface area contributed by atoms with Crippen LogP contribution in [0.5, 0.6) is 5.75 Å². The highest BCUT2D eigenvalue weighted by Gasteiger charge is 2.36. The van der Waals surface area contributed by atoms with E-state index in [1.807, 2.05) is 25.1 Å². The summed E-state index contributed by atoms with van der Waals surface area (Å²) in [4.78, 5) is 37.2. The number of ether oxygens (including phenoxy) is 1. The predicted octanol–water partition coefficient (Wildman–Crippen LogP) is 3.92. The van der Waals surface area contributed by atoms with Crippen molar-refractivity contribution in [3.05, 3.63) is 56.5 Å². The molecule has 0 bridgehead atoms. The molecule has 0 spiro atoms. The van der Waals surface area contributed by atoms with E-state index in [2.05, 4.69) is 21.2 Å². The molecule has 9 heteroatoms. The Hall–Kier alpha value is -2.94. The Morgan fingerprint density at radius 3 is 2.76 bits per heavy atom. The molecule has 1 N–H and O–H groups in total. The summed E-state index contributed by atoms with van der Waals surface area (Å²) in [7, 11) is 1.38. The molecule has 0 radical (unpaired) electrons. The van der Waals surface area contributed by atoms with Gasteiger partial charge in [0.05, 0.1) is 29.7 Å². The van der Waals surface area contributed by atoms with Gasteiger partial charge in [-0.25, -0.2) is 0 Å². The first-order chi connectivity index (χ1) is 13.8. The lowest BCUT2D eigenvalue weighted by atomic mass is 10.1. The van der Waals surface area contributed by atoms with Gasteiger partial charge in [-0.05, 0) is 36.2 Å². The summed E-state index contributed by atoms with van der Waals surface area (Å²) in [6.07, 6.45) is 0.814. The molecule has 0 aromatic heterocycles. The van der Waals surface area contributed by atoms with Crippen LogP contribution in [0.15, 0.2) is 40.9 Å². The molecule has 1 saturated heterocycles. The number of carbonyl (C=O) groups excluding carboxylic acids is 2. The highest BCUT2D eigenvalue weighted by molar-refractivity contribution is 9.10. The summed E-state index contributed by atoms with van der Waals surface area (Å²) in [5.41, 5.74) is 2.00. The number of hydrogen-bond acceptors (Lipinski definition) is 5. The van der Waals surface area contributed by atoms with E-state index in [0.29, 0.717) is 5.69 Å². The standard InChI is InChI=1S/C20H20BrN3O5/c1-3-12-8-14(21)4-6-16(12)22-20(26)13-9-19(25)23(11-13)17-7-5-15(24(27)28)10-18(17)29-2/h4-8,10,13H,3,9,11H2,1-2H3,(H,22,26)/t13-/m0/s1. The second-order valence-electron chi connectivity index (χ2n) is 6.66. The number of halogens is 1. The summed E-state index contributed by atoms with van der Waals surface area (Å²) >= 11 is 3.42. The van der Waals surface area contributed by atoms with Gasteiger partial charge in [-0.1, -0.05) is 22.9 Å². The van der Waals surface area contributed by atoms with Gasteiger partial charge in [0.25, 0.3) is 5.69 Å². The molecule has 2 aromatic carbocycles. The van der Waals surface area contributed by atoms with Crippen molar-refractivity contribution in [3.8, 4) is 5.75 Å². The minimum atomic E-state index is -0.532. The van der Waals surface area contributed by atoms with E-state index in [4.69, 9.17) is 4.74 Å². The van der Waals surface area contributed by atoms with Gasteiger partial charge in [0.1, 0.15) is 5.75 Å². The summed E-state index contributed by atoms with van der Waals surface area (Å²) in [5, 5.41) is 13.9. The zero-order valence-electron chi connectivity index (χ0n) is 16.0. The lowest BCUT2D eigenvalue weighted by Gasteiger charge is -2.19. The van der Waals surface area contributed by atoms with E-state index in [1.165, 1.54) is 30.2 Å². The SMILES string of the molecule is CCc1cc(Br)ccc1NC(=O)[C@H]1CC(=O)N(c2ccc([N+](=O)[O-])cc2OC)C1. The summed E-state index contributed by atoms with van der Waals surface area (Å²) in [6.45, 7) is 2.18. The molecule has 29 heavy (non-hydrogen) atoms. The smallest absolute Gasteiger partial charge is 0.273 e. The van der Waals surface area contributed by atoms with Crippen molar-refractivity contribution in [1.82, 2.24) is 0 Å². The second-order valence-corrected chi connectivity index (χ2v) is 7.58. The summed E-state index contributed by atoms with van der Waals surface area (Å²) in [5.74, 6) is -0.784. The van der Waals surface area contributed by atoms with Gasteiger partial charge in [-0.2, -0.15) is 0 Å². The molecule has 2 amide bonds. The molecule has 8 nitrogen and oxygen atoms in total. The van der Waals surface area contributed by atoms with Crippen LogP contribution in [-0.2, 0) is 16.0 Å². The quantitative estimate of drug-likeness (QED) is 0.518. The summed E-state index contributed by atoms with van der Waals surface area (Å²) in [6, 6.07) is 9.68. The van der Waals surface area contributed by atoms with Gasteiger partial charge in [0.15, 0.2) is 0 Å². The molecule has 0 aliphatic carbocycles. The Morgan fingerprint density at radius 1 is 1.34 bits per heavy atom. The number of nitrogens with zero attached hydrogens (tertiary/aromatic N) is 2. The van der Waals surface area contributed by atoms with E-state index >= 15 is 0 Å². The number of aryl methyl sites for hydroxylation is 1. The van der Waals surface area contributed by atoms with Crippen LogP contribution in [0.1, 0.15) is 18.9 Å². The van der Waals surface area contributed by atoms with Crippen LogP contribution in [-0.4, -0.2) is 30.4 Å². The van der Waals surface area contributed by atoms with Crippen LogP contribution in [0.25, 0.3) is 0 Å². The van der Waals surface area contributed by atoms with Crippen LogP contribution in [0, 0.1) is 16.0 Å². The summed E-state index contributed by atoms with van der Waals surface area (Å²) < 4.78 is 6.16. The Morgan fingerprint density at radius 2 is 2.10 bits per heavy atom. The van der Waals surface area contributed by atoms with Gasteiger partial charge < -0.3 is 15.0 Å². The first-order valence-electron chi connectivity index (χ1n) is 9.06. The van der Waals surface area contributed by atoms with Crippen molar-refractivity contribution in [2.24, 2.45) is 5.92 Å². The van der Waals surface area contributed by atoms with Gasteiger partial charge in [-0.15, -0.1) is 0 Å². The van der Waals surface area contributed by atoms with Crippen molar-refractivity contribution in [1.29, 1.82) is 0 Å². The Bertz CT molecular complexity index is 979. The number of amides is 2. The average Bonchev–Trinajstić information content (AvgIpc) is 3.10. The lowest BCUT2D eigenvalue weighted by Crippen LogP contribution is -2.28. The van der Waals surface area contributed by atoms with Gasteiger partial charge in [0.2, 0.25) is 11.8 Å². The highest BCUT2D eigenvalue weighted by Crippen LogP contribution is 2.36. The normalized spacial score (nSPS) is 16.0. The van der Waals surface area contributed by atoms with E-state index < -0.39 is 10.8 Å². The molecule has 3 rings (SSSR count). The highest BCUT2D eigenvalue weighted by atomic mass is 79.9. The van der Waals surface area contributed by atoms with Crippen LogP contribution in [0.2, 0.25) is 0 Å². The maximum Gasteiger partial charge on any atom is 0.273 e. The van der Waals surface area contributed by atoms with Gasteiger partial charge in [0, 0.05) is 29.2 Å². The number of anilines is 2. The molecular formula is C20H20BrN3O5. The number of hydrogen-bond donors (Lipinski definition) is 1.